The number of nitrogen functional groups attached to an aromatic ring is 1. The Hall–Kier alpha value is -1.85. The predicted octanol–water partition coefficient (Wildman–Crippen LogP) is 4.44. The van der Waals surface area contributed by atoms with Crippen LogP contribution in [0.1, 0.15) is 0 Å². The number of rotatable bonds is 2. The van der Waals surface area contributed by atoms with Crippen LogP contribution in [0.25, 0.3) is 21.7 Å². The van der Waals surface area contributed by atoms with Gasteiger partial charge < -0.3 is 10.3 Å². The fourth-order valence-corrected chi connectivity index (χ4v) is 2.95. The van der Waals surface area contributed by atoms with Gasteiger partial charge in [0.25, 0.3) is 0 Å². The number of anilines is 1. The summed E-state index contributed by atoms with van der Waals surface area (Å²) in [5.74, 6) is -0.124. The molecule has 0 spiro atoms. The molecule has 96 valence electrons. The molecule has 0 aliphatic heterocycles. The Bertz CT molecular complexity index is 721. The first-order valence-electron chi connectivity index (χ1n) is 5.41. The Balaban J connectivity index is 2.19. The van der Waals surface area contributed by atoms with Gasteiger partial charge in [-0.1, -0.05) is 28.9 Å². The summed E-state index contributed by atoms with van der Waals surface area (Å²) < 4.78 is 18.0. The van der Waals surface area contributed by atoms with Crippen LogP contribution in [0.5, 0.6) is 0 Å². The summed E-state index contributed by atoms with van der Waals surface area (Å²) in [5, 5.41) is 6.39. The topological polar surface area (TPSA) is 52.0 Å². The van der Waals surface area contributed by atoms with Crippen molar-refractivity contribution >= 4 is 28.8 Å². The molecule has 0 atom stereocenters. The molecular weight excluding hydrogens is 287 g/mol. The van der Waals surface area contributed by atoms with Gasteiger partial charge in [0.2, 0.25) is 5.88 Å². The summed E-state index contributed by atoms with van der Waals surface area (Å²) in [5.41, 5.74) is 7.74. The van der Waals surface area contributed by atoms with Crippen molar-refractivity contribution in [2.24, 2.45) is 0 Å². The highest BCUT2D eigenvalue weighted by Crippen LogP contribution is 2.41. The largest absolute Gasteiger partial charge is 0.367 e. The van der Waals surface area contributed by atoms with Crippen LogP contribution in [-0.4, -0.2) is 5.16 Å². The molecule has 0 fully saturated rings. The van der Waals surface area contributed by atoms with E-state index < -0.39 is 0 Å². The summed E-state index contributed by atoms with van der Waals surface area (Å²) >= 11 is 7.54. The van der Waals surface area contributed by atoms with Gasteiger partial charge >= 0.3 is 0 Å². The number of hydrogen-bond acceptors (Lipinski definition) is 4. The lowest BCUT2D eigenvalue weighted by atomic mass is 10.0. The zero-order valence-electron chi connectivity index (χ0n) is 9.56. The van der Waals surface area contributed by atoms with E-state index in [0.29, 0.717) is 16.3 Å². The summed E-state index contributed by atoms with van der Waals surface area (Å²) in [7, 11) is 0. The molecule has 0 unspecified atom stereocenters. The highest BCUT2D eigenvalue weighted by atomic mass is 35.5. The zero-order chi connectivity index (χ0) is 13.4. The summed E-state index contributed by atoms with van der Waals surface area (Å²) in [6, 6.07) is 7.76. The van der Waals surface area contributed by atoms with E-state index in [1.54, 1.807) is 18.2 Å². The molecule has 3 aromatic rings. The highest BCUT2D eigenvalue weighted by molar-refractivity contribution is 7.14. The molecule has 2 aromatic heterocycles. The molecular formula is C13H8ClFN2OS. The van der Waals surface area contributed by atoms with Crippen LogP contribution in [0.4, 0.5) is 10.3 Å². The third-order valence-corrected chi connectivity index (χ3v) is 4.03. The molecule has 0 amide bonds. The predicted molar refractivity (Wildman–Crippen MR) is 74.6 cm³/mol. The molecule has 19 heavy (non-hydrogen) atoms. The molecule has 2 N–H and O–H groups in total. The van der Waals surface area contributed by atoms with E-state index in [1.807, 2.05) is 5.38 Å². The van der Waals surface area contributed by atoms with Gasteiger partial charge in [-0.2, -0.15) is 0 Å². The summed E-state index contributed by atoms with van der Waals surface area (Å²) in [4.78, 5) is 0.779. The standard InChI is InChI=1S/C13H8ClFN2OS/c14-9-5-6-19-12(9)11-10(13(16)18-17-11)7-1-3-8(15)4-2-7/h1-6H,16H2. The van der Waals surface area contributed by atoms with E-state index in [0.717, 1.165) is 10.4 Å². The fourth-order valence-electron chi connectivity index (χ4n) is 1.82. The van der Waals surface area contributed by atoms with Crippen LogP contribution in [0.15, 0.2) is 40.2 Å². The first-order chi connectivity index (χ1) is 9.16. The van der Waals surface area contributed by atoms with E-state index in [-0.39, 0.29) is 11.7 Å². The van der Waals surface area contributed by atoms with Crippen molar-refractivity contribution in [3.63, 3.8) is 0 Å². The number of benzene rings is 1. The average Bonchev–Trinajstić information content (AvgIpc) is 2.97. The number of halogens is 2. The van der Waals surface area contributed by atoms with Gasteiger partial charge in [0, 0.05) is 0 Å². The molecule has 6 heteroatoms. The molecule has 0 saturated heterocycles. The van der Waals surface area contributed by atoms with Crippen LogP contribution < -0.4 is 5.73 Å². The molecule has 0 saturated carbocycles. The summed E-state index contributed by atoms with van der Waals surface area (Å²) in [6.45, 7) is 0. The molecule has 0 aliphatic rings. The van der Waals surface area contributed by atoms with Crippen molar-refractivity contribution < 1.29 is 8.91 Å². The normalized spacial score (nSPS) is 10.8. The van der Waals surface area contributed by atoms with E-state index in [9.17, 15) is 4.39 Å². The zero-order valence-corrected chi connectivity index (χ0v) is 11.1. The molecule has 2 heterocycles. The first kappa shape index (κ1) is 12.2. The third kappa shape index (κ3) is 2.11. The smallest absolute Gasteiger partial charge is 0.230 e. The second kappa shape index (κ2) is 4.68. The van der Waals surface area contributed by atoms with Crippen molar-refractivity contribution in [2.45, 2.75) is 0 Å². The Labute approximate surface area is 117 Å². The number of aromatic nitrogens is 1. The fraction of sp³-hybridized carbons (Fsp3) is 0. The van der Waals surface area contributed by atoms with Crippen LogP contribution in [-0.2, 0) is 0 Å². The van der Waals surface area contributed by atoms with Gasteiger partial charge in [-0.15, -0.1) is 11.3 Å². The van der Waals surface area contributed by atoms with E-state index in [2.05, 4.69) is 5.16 Å². The van der Waals surface area contributed by atoms with Crippen molar-refractivity contribution in [3.05, 3.63) is 46.6 Å². The van der Waals surface area contributed by atoms with Crippen molar-refractivity contribution in [1.29, 1.82) is 0 Å². The monoisotopic (exact) mass is 294 g/mol. The van der Waals surface area contributed by atoms with Gasteiger partial charge in [0.05, 0.1) is 15.5 Å². The Kier molecular flexibility index (Phi) is 3.00. The van der Waals surface area contributed by atoms with Crippen LogP contribution >= 0.6 is 22.9 Å². The third-order valence-electron chi connectivity index (χ3n) is 2.68. The van der Waals surface area contributed by atoms with Gasteiger partial charge in [-0.05, 0) is 29.1 Å². The van der Waals surface area contributed by atoms with Gasteiger partial charge in [-0.25, -0.2) is 4.39 Å². The average molecular weight is 295 g/mol. The van der Waals surface area contributed by atoms with E-state index in [1.165, 1.54) is 23.5 Å². The Morgan fingerprint density at radius 2 is 1.95 bits per heavy atom. The number of thiophene rings is 1. The van der Waals surface area contributed by atoms with E-state index in [4.69, 9.17) is 21.9 Å². The SMILES string of the molecule is Nc1onc(-c2sccc2Cl)c1-c1ccc(F)cc1. The molecule has 0 radical (unpaired) electrons. The number of nitrogens with two attached hydrogens (primary N) is 1. The maximum Gasteiger partial charge on any atom is 0.230 e. The highest BCUT2D eigenvalue weighted by Gasteiger charge is 2.20. The van der Waals surface area contributed by atoms with Crippen LogP contribution in [0.2, 0.25) is 5.02 Å². The molecule has 0 aliphatic carbocycles. The van der Waals surface area contributed by atoms with E-state index >= 15 is 0 Å². The quantitative estimate of drug-likeness (QED) is 0.760. The van der Waals surface area contributed by atoms with Crippen molar-refractivity contribution in [3.8, 4) is 21.7 Å². The Morgan fingerprint density at radius 1 is 1.21 bits per heavy atom. The maximum absolute atomic E-state index is 13.0. The van der Waals surface area contributed by atoms with Crippen LogP contribution in [0, 0.1) is 5.82 Å². The maximum atomic E-state index is 13.0. The lowest BCUT2D eigenvalue weighted by Gasteiger charge is -2.01. The molecule has 1 aromatic carbocycles. The molecule has 3 nitrogen and oxygen atoms in total. The first-order valence-corrected chi connectivity index (χ1v) is 6.67. The van der Waals surface area contributed by atoms with Crippen LogP contribution in [0.3, 0.4) is 0 Å². The second-order valence-corrected chi connectivity index (χ2v) is 5.20. The Morgan fingerprint density at radius 3 is 2.58 bits per heavy atom. The number of hydrogen-bond donors (Lipinski definition) is 1. The molecule has 3 rings (SSSR count). The minimum Gasteiger partial charge on any atom is -0.367 e. The minimum atomic E-state index is -0.311. The second-order valence-electron chi connectivity index (χ2n) is 3.87. The lowest BCUT2D eigenvalue weighted by Crippen LogP contribution is -1.87. The molecule has 0 bridgehead atoms. The van der Waals surface area contributed by atoms with Gasteiger partial charge in [-0.3, -0.25) is 0 Å². The van der Waals surface area contributed by atoms with Crippen molar-refractivity contribution in [1.82, 2.24) is 5.16 Å². The van der Waals surface area contributed by atoms with Crippen molar-refractivity contribution in [2.75, 3.05) is 5.73 Å². The van der Waals surface area contributed by atoms with Gasteiger partial charge in [0.1, 0.15) is 11.5 Å². The lowest BCUT2D eigenvalue weighted by molar-refractivity contribution is 0.439. The number of nitrogens with zero attached hydrogens (tertiary/aromatic N) is 1. The minimum absolute atomic E-state index is 0.186. The van der Waals surface area contributed by atoms with Gasteiger partial charge in [0.15, 0.2) is 0 Å². The summed E-state index contributed by atoms with van der Waals surface area (Å²) in [6.07, 6.45) is 0.